The lowest BCUT2D eigenvalue weighted by atomic mass is 10.1. The van der Waals surface area contributed by atoms with Gasteiger partial charge in [0.2, 0.25) is 0 Å². The highest BCUT2D eigenvalue weighted by atomic mass is 32.1. The first-order valence-corrected chi connectivity index (χ1v) is 7.16. The van der Waals surface area contributed by atoms with Crippen LogP contribution in [0.3, 0.4) is 0 Å². The summed E-state index contributed by atoms with van der Waals surface area (Å²) in [6.07, 6.45) is 0.243. The molecule has 0 spiro atoms. The fraction of sp³-hybridized carbons (Fsp3) is 0.200. The summed E-state index contributed by atoms with van der Waals surface area (Å²) in [5, 5.41) is 4.58. The van der Waals surface area contributed by atoms with Crippen molar-refractivity contribution in [3.05, 3.63) is 51.7 Å². The zero-order valence-corrected chi connectivity index (χ0v) is 12.3. The normalized spacial score (nSPS) is 9.95. The third-order valence-corrected chi connectivity index (χ3v) is 3.64. The Bertz CT molecular complexity index is 610. The van der Waals surface area contributed by atoms with E-state index in [0.29, 0.717) is 17.9 Å². The van der Waals surface area contributed by atoms with Crippen LogP contribution in [0.15, 0.2) is 35.7 Å². The molecular formula is C15H15NO4S. The molecule has 110 valence electrons. The molecule has 1 aromatic heterocycles. The minimum atomic E-state index is -0.484. The Hall–Kier alpha value is -2.34. The van der Waals surface area contributed by atoms with Gasteiger partial charge >= 0.3 is 6.09 Å². The fourth-order valence-corrected chi connectivity index (χ4v) is 2.34. The largest absolute Gasteiger partial charge is 0.496 e. The van der Waals surface area contributed by atoms with Crippen LogP contribution in [0.2, 0.25) is 0 Å². The van der Waals surface area contributed by atoms with Crippen LogP contribution in [0.5, 0.6) is 5.75 Å². The molecule has 0 saturated carbocycles. The molecule has 0 aliphatic rings. The molecule has 0 saturated heterocycles. The van der Waals surface area contributed by atoms with Crippen LogP contribution in [-0.4, -0.2) is 19.5 Å². The molecule has 6 heteroatoms. The molecule has 1 amide bonds. The molecule has 0 radical (unpaired) electrons. The average molecular weight is 305 g/mol. The summed E-state index contributed by atoms with van der Waals surface area (Å²) >= 11 is 1.53. The predicted octanol–water partition coefficient (Wildman–Crippen LogP) is 3.00. The smallest absolute Gasteiger partial charge is 0.407 e. The lowest BCUT2D eigenvalue weighted by Gasteiger charge is -2.09. The SMILES string of the molecule is COc1cc(CNC(=O)OCc2cccs2)ccc1C=O. The molecule has 0 atom stereocenters. The Morgan fingerprint density at radius 1 is 1.38 bits per heavy atom. The van der Waals surface area contributed by atoms with Crippen LogP contribution in [0.4, 0.5) is 4.79 Å². The predicted molar refractivity (Wildman–Crippen MR) is 79.7 cm³/mol. The molecular weight excluding hydrogens is 290 g/mol. The lowest BCUT2D eigenvalue weighted by molar-refractivity contribution is 0.112. The molecule has 0 aliphatic heterocycles. The van der Waals surface area contributed by atoms with Crippen molar-refractivity contribution in [3.63, 3.8) is 0 Å². The molecule has 5 nitrogen and oxygen atoms in total. The summed E-state index contributed by atoms with van der Waals surface area (Å²) in [6, 6.07) is 8.93. The third-order valence-electron chi connectivity index (χ3n) is 2.79. The topological polar surface area (TPSA) is 64.6 Å². The van der Waals surface area contributed by atoms with Crippen molar-refractivity contribution < 1.29 is 19.1 Å². The van der Waals surface area contributed by atoms with Crippen LogP contribution in [0.1, 0.15) is 20.8 Å². The van der Waals surface area contributed by atoms with Crippen LogP contribution in [0, 0.1) is 0 Å². The highest BCUT2D eigenvalue weighted by molar-refractivity contribution is 7.09. The number of carbonyl (C=O) groups is 2. The van der Waals surface area contributed by atoms with Crippen molar-refractivity contribution in [2.24, 2.45) is 0 Å². The Kier molecular flexibility index (Phi) is 5.34. The van der Waals surface area contributed by atoms with Gasteiger partial charge in [0.05, 0.1) is 12.7 Å². The van der Waals surface area contributed by atoms with Crippen LogP contribution < -0.4 is 10.1 Å². The Labute approximate surface area is 126 Å². The first-order valence-electron chi connectivity index (χ1n) is 6.28. The van der Waals surface area contributed by atoms with Gasteiger partial charge in [0, 0.05) is 11.4 Å². The molecule has 0 unspecified atom stereocenters. The molecule has 0 aliphatic carbocycles. The highest BCUT2D eigenvalue weighted by Gasteiger charge is 2.06. The second kappa shape index (κ2) is 7.44. The summed E-state index contributed by atoms with van der Waals surface area (Å²) < 4.78 is 10.2. The number of nitrogens with one attached hydrogen (secondary N) is 1. The minimum absolute atomic E-state index is 0.261. The van der Waals surface area contributed by atoms with Crippen LogP contribution in [0.25, 0.3) is 0 Å². The van der Waals surface area contributed by atoms with Crippen molar-refractivity contribution in [1.82, 2.24) is 5.32 Å². The fourth-order valence-electron chi connectivity index (χ4n) is 1.72. The van der Waals surface area contributed by atoms with Gasteiger partial charge in [-0.1, -0.05) is 12.1 Å². The number of amides is 1. The molecule has 2 aromatic rings. The molecule has 1 N–H and O–H groups in total. The Morgan fingerprint density at radius 2 is 2.24 bits per heavy atom. The quantitative estimate of drug-likeness (QED) is 0.833. The molecule has 21 heavy (non-hydrogen) atoms. The average Bonchev–Trinajstić information content (AvgIpc) is 3.04. The van der Waals surface area contributed by atoms with Crippen LogP contribution >= 0.6 is 11.3 Å². The number of rotatable bonds is 6. The van der Waals surface area contributed by atoms with E-state index in [1.807, 2.05) is 17.5 Å². The van der Waals surface area contributed by atoms with Crippen molar-refractivity contribution in [2.75, 3.05) is 7.11 Å². The second-order valence-electron chi connectivity index (χ2n) is 4.20. The van der Waals surface area contributed by atoms with Crippen molar-refractivity contribution in [1.29, 1.82) is 0 Å². The van der Waals surface area contributed by atoms with Gasteiger partial charge in [0.15, 0.2) is 6.29 Å². The number of carbonyl (C=O) groups excluding carboxylic acids is 2. The van der Waals surface area contributed by atoms with E-state index in [2.05, 4.69) is 5.32 Å². The molecule has 0 bridgehead atoms. The van der Waals surface area contributed by atoms with E-state index in [1.165, 1.54) is 18.4 Å². The van der Waals surface area contributed by atoms with E-state index < -0.39 is 6.09 Å². The van der Waals surface area contributed by atoms with Gasteiger partial charge in [-0.3, -0.25) is 4.79 Å². The van der Waals surface area contributed by atoms with E-state index in [0.717, 1.165) is 16.7 Å². The van der Waals surface area contributed by atoms with Gasteiger partial charge in [-0.2, -0.15) is 0 Å². The third kappa shape index (κ3) is 4.32. The van der Waals surface area contributed by atoms with Gasteiger partial charge in [-0.15, -0.1) is 11.3 Å². The summed E-state index contributed by atoms with van der Waals surface area (Å²) in [4.78, 5) is 23.4. The highest BCUT2D eigenvalue weighted by Crippen LogP contribution is 2.18. The summed E-state index contributed by atoms with van der Waals surface area (Å²) in [5.74, 6) is 0.483. The summed E-state index contributed by atoms with van der Waals surface area (Å²) in [6.45, 7) is 0.565. The van der Waals surface area contributed by atoms with E-state index >= 15 is 0 Å². The maximum Gasteiger partial charge on any atom is 0.407 e. The van der Waals surface area contributed by atoms with E-state index in [-0.39, 0.29) is 6.61 Å². The molecule has 2 rings (SSSR count). The van der Waals surface area contributed by atoms with Crippen molar-refractivity contribution in [3.8, 4) is 5.75 Å². The Morgan fingerprint density at radius 3 is 2.90 bits per heavy atom. The number of hydrogen-bond acceptors (Lipinski definition) is 5. The maximum absolute atomic E-state index is 11.6. The number of thiophene rings is 1. The maximum atomic E-state index is 11.6. The van der Waals surface area contributed by atoms with E-state index in [9.17, 15) is 9.59 Å². The standard InChI is InChI=1S/C15H15NO4S/c1-19-14-7-11(4-5-12(14)9-17)8-16-15(18)20-10-13-3-2-6-21-13/h2-7,9H,8,10H2,1H3,(H,16,18). The summed E-state index contributed by atoms with van der Waals surface area (Å²) in [5.41, 5.74) is 1.30. The zero-order valence-electron chi connectivity index (χ0n) is 11.5. The Balaban J connectivity index is 1.84. The van der Waals surface area contributed by atoms with Gasteiger partial charge in [0.1, 0.15) is 12.4 Å². The van der Waals surface area contributed by atoms with Crippen molar-refractivity contribution in [2.45, 2.75) is 13.2 Å². The van der Waals surface area contributed by atoms with Gasteiger partial charge in [0.25, 0.3) is 0 Å². The number of alkyl carbamates (subject to hydrolysis) is 1. The summed E-state index contributed by atoms with van der Waals surface area (Å²) in [7, 11) is 1.49. The molecule has 1 heterocycles. The van der Waals surface area contributed by atoms with E-state index in [1.54, 1.807) is 18.2 Å². The van der Waals surface area contributed by atoms with Gasteiger partial charge in [-0.25, -0.2) is 4.79 Å². The van der Waals surface area contributed by atoms with Gasteiger partial charge in [-0.05, 0) is 29.1 Å². The van der Waals surface area contributed by atoms with Gasteiger partial charge < -0.3 is 14.8 Å². The number of hydrogen-bond donors (Lipinski definition) is 1. The lowest BCUT2D eigenvalue weighted by Crippen LogP contribution is -2.23. The number of benzene rings is 1. The number of methoxy groups -OCH3 is 1. The monoisotopic (exact) mass is 305 g/mol. The molecule has 0 fully saturated rings. The minimum Gasteiger partial charge on any atom is -0.496 e. The van der Waals surface area contributed by atoms with E-state index in [4.69, 9.17) is 9.47 Å². The van der Waals surface area contributed by atoms with Crippen LogP contribution in [-0.2, 0) is 17.9 Å². The first kappa shape index (κ1) is 15.1. The number of aldehydes is 1. The zero-order chi connectivity index (χ0) is 15.1. The first-order chi connectivity index (χ1) is 10.2. The van der Waals surface area contributed by atoms with Crippen molar-refractivity contribution >= 4 is 23.7 Å². The molecule has 1 aromatic carbocycles. The second-order valence-corrected chi connectivity index (χ2v) is 5.24. The number of ether oxygens (including phenoxy) is 2.